The molecule has 0 fully saturated rings. The number of hydrogen-bond acceptors (Lipinski definition) is 1. The van der Waals surface area contributed by atoms with Crippen molar-refractivity contribution in [3.63, 3.8) is 0 Å². The van der Waals surface area contributed by atoms with Crippen LogP contribution in [-0.2, 0) is 6.54 Å². The molecule has 0 spiro atoms. The highest BCUT2D eigenvalue weighted by atomic mass is 15.1. The number of aromatic nitrogens is 2. The van der Waals surface area contributed by atoms with Gasteiger partial charge >= 0.3 is 0 Å². The molecule has 0 saturated carbocycles. The van der Waals surface area contributed by atoms with E-state index in [1.165, 1.54) is 49.5 Å². The minimum Gasteiger partial charge on any atom is -0.319 e. The predicted octanol–water partition coefficient (Wildman–Crippen LogP) is 5.87. The fourth-order valence-electron chi connectivity index (χ4n) is 4.92. The molecule has 0 unspecified atom stereocenters. The van der Waals surface area contributed by atoms with Crippen molar-refractivity contribution < 1.29 is 0 Å². The van der Waals surface area contributed by atoms with Gasteiger partial charge in [-0.05, 0) is 21.7 Å². The second kappa shape index (κ2) is 4.23. The molecule has 0 saturated heterocycles. The molecule has 26 heavy (non-hydrogen) atoms. The number of nitrogens with zero attached hydrogens (tertiary/aromatic N) is 2. The lowest BCUT2D eigenvalue weighted by Gasteiger charge is -2.21. The molecule has 2 nitrogen and oxygen atoms in total. The maximum absolute atomic E-state index is 5.16. The van der Waals surface area contributed by atoms with Crippen LogP contribution < -0.4 is 0 Å². The number of hydrogen-bond donors (Lipinski definition) is 0. The van der Waals surface area contributed by atoms with Gasteiger partial charge in [0.25, 0.3) is 0 Å². The average Bonchev–Trinajstić information content (AvgIpc) is 3.21. The first-order valence-corrected chi connectivity index (χ1v) is 9.04. The molecular formula is C24H14N2. The molecule has 2 heteroatoms. The SMILES string of the molecule is c1cc2c3c(cccc3c1)-c1nc3c(n1C2)-c1cccc2cccc-3c12. The van der Waals surface area contributed by atoms with E-state index in [0.29, 0.717) is 0 Å². The Kier molecular flexibility index (Phi) is 2.10. The standard InChI is InChI=1S/C24H14N2/c1-5-14-6-4-12-19-20(14)16(9-1)13-26-23-18-11-3-8-15-7-2-10-17(21(15)18)22(23)25-24(19)26/h1-12H,13H2. The summed E-state index contributed by atoms with van der Waals surface area (Å²) < 4.78 is 2.42. The van der Waals surface area contributed by atoms with E-state index in [9.17, 15) is 0 Å². The molecule has 120 valence electrons. The summed E-state index contributed by atoms with van der Waals surface area (Å²) in [6.45, 7) is 0.885. The fraction of sp³-hybridized carbons (Fsp3) is 0.0417. The lowest BCUT2D eigenvalue weighted by Crippen LogP contribution is -2.09. The quantitative estimate of drug-likeness (QED) is 0.340. The normalized spacial score (nSPS) is 13.2. The third-order valence-corrected chi connectivity index (χ3v) is 5.94. The van der Waals surface area contributed by atoms with Crippen molar-refractivity contribution in [1.29, 1.82) is 0 Å². The van der Waals surface area contributed by atoms with Crippen LogP contribution in [0.1, 0.15) is 5.56 Å². The molecular weight excluding hydrogens is 316 g/mol. The highest BCUT2D eigenvalue weighted by Crippen LogP contribution is 2.50. The molecule has 0 bridgehead atoms. The summed E-state index contributed by atoms with van der Waals surface area (Å²) in [5.41, 5.74) is 7.64. The van der Waals surface area contributed by atoms with Crippen molar-refractivity contribution in [3.8, 4) is 33.9 Å². The molecule has 1 aliphatic heterocycles. The van der Waals surface area contributed by atoms with Crippen molar-refractivity contribution in [2.75, 3.05) is 0 Å². The van der Waals surface area contributed by atoms with Crippen LogP contribution in [0.5, 0.6) is 0 Å². The minimum atomic E-state index is 0.885. The van der Waals surface area contributed by atoms with Crippen LogP contribution in [-0.4, -0.2) is 9.55 Å². The van der Waals surface area contributed by atoms with E-state index in [0.717, 1.165) is 18.1 Å². The summed E-state index contributed by atoms with van der Waals surface area (Å²) in [6.07, 6.45) is 0. The van der Waals surface area contributed by atoms with Gasteiger partial charge in [-0.3, -0.25) is 0 Å². The Hall–Kier alpha value is -3.39. The highest BCUT2D eigenvalue weighted by molar-refractivity contribution is 6.14. The Morgan fingerprint density at radius 3 is 2.12 bits per heavy atom. The van der Waals surface area contributed by atoms with E-state index < -0.39 is 0 Å². The van der Waals surface area contributed by atoms with Gasteiger partial charge in [0.1, 0.15) is 5.82 Å². The van der Waals surface area contributed by atoms with Gasteiger partial charge in [0.05, 0.1) is 17.9 Å². The maximum Gasteiger partial charge on any atom is 0.142 e. The van der Waals surface area contributed by atoms with Gasteiger partial charge in [-0.1, -0.05) is 72.8 Å². The van der Waals surface area contributed by atoms with Crippen molar-refractivity contribution in [1.82, 2.24) is 9.55 Å². The van der Waals surface area contributed by atoms with E-state index in [1.807, 2.05) is 0 Å². The fourth-order valence-corrected chi connectivity index (χ4v) is 4.92. The van der Waals surface area contributed by atoms with Gasteiger partial charge in [-0.15, -0.1) is 0 Å². The molecule has 2 aliphatic rings. The van der Waals surface area contributed by atoms with Gasteiger partial charge in [-0.2, -0.15) is 0 Å². The summed E-state index contributed by atoms with van der Waals surface area (Å²) in [6, 6.07) is 26.3. The molecule has 0 atom stereocenters. The number of benzene rings is 4. The Morgan fingerprint density at radius 1 is 0.654 bits per heavy atom. The zero-order valence-corrected chi connectivity index (χ0v) is 14.0. The summed E-state index contributed by atoms with van der Waals surface area (Å²) in [5, 5.41) is 5.31. The van der Waals surface area contributed by atoms with E-state index in [4.69, 9.17) is 4.98 Å². The van der Waals surface area contributed by atoms with Crippen molar-refractivity contribution in [3.05, 3.63) is 78.4 Å². The average molecular weight is 330 g/mol. The van der Waals surface area contributed by atoms with Crippen LogP contribution in [0.4, 0.5) is 0 Å². The summed E-state index contributed by atoms with van der Waals surface area (Å²) in [5.74, 6) is 1.10. The minimum absolute atomic E-state index is 0.885. The van der Waals surface area contributed by atoms with Crippen molar-refractivity contribution >= 4 is 21.5 Å². The van der Waals surface area contributed by atoms with Crippen LogP contribution in [0.2, 0.25) is 0 Å². The zero-order valence-electron chi connectivity index (χ0n) is 14.0. The molecule has 5 aromatic rings. The molecule has 2 heterocycles. The lowest BCUT2D eigenvalue weighted by atomic mass is 9.96. The molecule has 0 radical (unpaired) electrons. The van der Waals surface area contributed by atoms with Gasteiger partial charge in [-0.25, -0.2) is 4.98 Å². The van der Waals surface area contributed by atoms with Crippen LogP contribution >= 0.6 is 0 Å². The number of fused-ring (bicyclic) bond motifs is 6. The predicted molar refractivity (Wildman–Crippen MR) is 106 cm³/mol. The second-order valence-electron chi connectivity index (χ2n) is 7.25. The number of imidazole rings is 1. The molecule has 0 N–H and O–H groups in total. The van der Waals surface area contributed by atoms with E-state index in [-0.39, 0.29) is 0 Å². The van der Waals surface area contributed by atoms with Crippen molar-refractivity contribution in [2.45, 2.75) is 6.54 Å². The molecule has 1 aliphatic carbocycles. The first-order chi connectivity index (χ1) is 12.9. The lowest BCUT2D eigenvalue weighted by molar-refractivity contribution is 0.812. The zero-order chi connectivity index (χ0) is 16.8. The van der Waals surface area contributed by atoms with E-state index >= 15 is 0 Å². The van der Waals surface area contributed by atoms with Gasteiger partial charge < -0.3 is 4.57 Å². The van der Waals surface area contributed by atoms with Crippen LogP contribution in [0.25, 0.3) is 55.4 Å². The number of rotatable bonds is 0. The van der Waals surface area contributed by atoms with Gasteiger partial charge in [0.15, 0.2) is 0 Å². The van der Waals surface area contributed by atoms with Crippen LogP contribution in [0, 0.1) is 0 Å². The third-order valence-electron chi connectivity index (χ3n) is 5.94. The Labute approximate surface area is 150 Å². The molecule has 0 amide bonds. The molecule has 1 aromatic heterocycles. The first kappa shape index (κ1) is 12.9. The highest BCUT2D eigenvalue weighted by Gasteiger charge is 2.31. The first-order valence-electron chi connectivity index (χ1n) is 9.04. The Bertz CT molecular complexity index is 1390. The summed E-state index contributed by atoms with van der Waals surface area (Å²) >= 11 is 0. The van der Waals surface area contributed by atoms with E-state index in [1.54, 1.807) is 0 Å². The monoisotopic (exact) mass is 330 g/mol. The van der Waals surface area contributed by atoms with Crippen LogP contribution in [0.3, 0.4) is 0 Å². The second-order valence-corrected chi connectivity index (χ2v) is 7.25. The summed E-state index contributed by atoms with van der Waals surface area (Å²) in [7, 11) is 0. The van der Waals surface area contributed by atoms with Gasteiger partial charge in [0, 0.05) is 22.1 Å². The third kappa shape index (κ3) is 1.35. The van der Waals surface area contributed by atoms with E-state index in [2.05, 4.69) is 77.4 Å². The van der Waals surface area contributed by atoms with Crippen LogP contribution in [0.15, 0.2) is 72.8 Å². The Balaban J connectivity index is 1.64. The maximum atomic E-state index is 5.16. The molecule has 7 rings (SSSR count). The largest absolute Gasteiger partial charge is 0.319 e. The van der Waals surface area contributed by atoms with Gasteiger partial charge in [0.2, 0.25) is 0 Å². The molecule has 4 aromatic carbocycles. The summed E-state index contributed by atoms with van der Waals surface area (Å²) in [4.78, 5) is 5.16. The topological polar surface area (TPSA) is 17.8 Å². The smallest absolute Gasteiger partial charge is 0.142 e. The Morgan fingerprint density at radius 2 is 1.31 bits per heavy atom. The van der Waals surface area contributed by atoms with Crippen molar-refractivity contribution in [2.24, 2.45) is 0 Å².